The standard InChI is InChI=1S/C18H17N5O2S2/c1-11-15(12(2)25-23-11)7-8-16(24)20-17-21-22-18(27-17)26-10-14-5-3-13(9-19)4-6-14/h3-6H,7-8,10H2,1-2H3,(H,20,21,24). The molecule has 0 spiro atoms. The second kappa shape index (κ2) is 8.79. The summed E-state index contributed by atoms with van der Waals surface area (Å²) in [5.74, 6) is 1.35. The molecule has 0 aliphatic heterocycles. The Labute approximate surface area is 164 Å². The van der Waals surface area contributed by atoms with Crippen molar-refractivity contribution in [2.75, 3.05) is 5.32 Å². The Morgan fingerprint density at radius 3 is 2.74 bits per heavy atom. The fourth-order valence-electron chi connectivity index (χ4n) is 2.42. The van der Waals surface area contributed by atoms with Crippen LogP contribution in [-0.2, 0) is 17.0 Å². The third-order valence-corrected chi connectivity index (χ3v) is 5.92. The molecule has 0 saturated carbocycles. The van der Waals surface area contributed by atoms with Crippen LogP contribution >= 0.6 is 23.1 Å². The predicted molar refractivity (Wildman–Crippen MR) is 104 cm³/mol. The van der Waals surface area contributed by atoms with Gasteiger partial charge in [0.05, 0.1) is 17.3 Å². The Morgan fingerprint density at radius 2 is 2.07 bits per heavy atom. The molecule has 0 unspecified atom stereocenters. The number of benzene rings is 1. The zero-order chi connectivity index (χ0) is 19.2. The van der Waals surface area contributed by atoms with Gasteiger partial charge in [-0.2, -0.15) is 5.26 Å². The van der Waals surface area contributed by atoms with E-state index in [1.807, 2.05) is 26.0 Å². The fourth-order valence-corrected chi connectivity index (χ4v) is 4.14. The molecule has 27 heavy (non-hydrogen) atoms. The Balaban J connectivity index is 1.48. The van der Waals surface area contributed by atoms with Crippen LogP contribution in [0, 0.1) is 25.2 Å². The summed E-state index contributed by atoms with van der Waals surface area (Å²) in [6, 6.07) is 9.52. The monoisotopic (exact) mass is 399 g/mol. The van der Waals surface area contributed by atoms with Gasteiger partial charge in [-0.1, -0.05) is 40.4 Å². The van der Waals surface area contributed by atoms with Gasteiger partial charge in [-0.3, -0.25) is 4.79 Å². The highest BCUT2D eigenvalue weighted by Crippen LogP contribution is 2.28. The van der Waals surface area contributed by atoms with Crippen LogP contribution in [0.1, 0.15) is 34.6 Å². The molecule has 7 nitrogen and oxygen atoms in total. The van der Waals surface area contributed by atoms with Crippen molar-refractivity contribution in [2.45, 2.75) is 36.8 Å². The highest BCUT2D eigenvalue weighted by molar-refractivity contribution is 8.00. The number of rotatable bonds is 7. The van der Waals surface area contributed by atoms with E-state index in [1.165, 1.54) is 11.3 Å². The first-order valence-electron chi connectivity index (χ1n) is 8.22. The molecule has 3 rings (SSSR count). The van der Waals surface area contributed by atoms with E-state index in [1.54, 1.807) is 23.9 Å². The number of carbonyl (C=O) groups is 1. The molecule has 0 saturated heterocycles. The quantitative estimate of drug-likeness (QED) is 0.475. The smallest absolute Gasteiger partial charge is 0.226 e. The van der Waals surface area contributed by atoms with Gasteiger partial charge in [0, 0.05) is 17.7 Å². The van der Waals surface area contributed by atoms with Crippen LogP contribution in [0.15, 0.2) is 33.1 Å². The van der Waals surface area contributed by atoms with Crippen LogP contribution in [0.3, 0.4) is 0 Å². The molecule has 0 atom stereocenters. The average molecular weight is 400 g/mol. The number of thioether (sulfide) groups is 1. The molecule has 0 bridgehead atoms. The number of hydrogen-bond acceptors (Lipinski definition) is 8. The summed E-state index contributed by atoms with van der Waals surface area (Å²) < 4.78 is 5.88. The lowest BCUT2D eigenvalue weighted by Crippen LogP contribution is -2.12. The number of aryl methyl sites for hydroxylation is 2. The third-order valence-electron chi connectivity index (χ3n) is 3.88. The maximum Gasteiger partial charge on any atom is 0.226 e. The highest BCUT2D eigenvalue weighted by Gasteiger charge is 2.13. The van der Waals surface area contributed by atoms with Gasteiger partial charge >= 0.3 is 0 Å². The van der Waals surface area contributed by atoms with Crippen LogP contribution in [0.25, 0.3) is 0 Å². The van der Waals surface area contributed by atoms with E-state index < -0.39 is 0 Å². The molecule has 138 valence electrons. The summed E-state index contributed by atoms with van der Waals surface area (Å²) in [5.41, 5.74) is 3.53. The topological polar surface area (TPSA) is 105 Å². The van der Waals surface area contributed by atoms with E-state index in [2.05, 4.69) is 26.7 Å². The lowest BCUT2D eigenvalue weighted by atomic mass is 10.1. The summed E-state index contributed by atoms with van der Waals surface area (Å²) in [6.07, 6.45) is 0.905. The molecule has 2 aromatic heterocycles. The first kappa shape index (κ1) is 19.1. The number of nitrogens with one attached hydrogen (secondary N) is 1. The van der Waals surface area contributed by atoms with Crippen LogP contribution in [0.5, 0.6) is 0 Å². The molecular weight excluding hydrogens is 382 g/mol. The fraction of sp³-hybridized carbons (Fsp3) is 0.278. The van der Waals surface area contributed by atoms with Crippen LogP contribution in [0.4, 0.5) is 5.13 Å². The molecular formula is C18H17N5O2S2. The van der Waals surface area contributed by atoms with E-state index >= 15 is 0 Å². The number of nitriles is 1. The van der Waals surface area contributed by atoms with Gasteiger partial charge in [0.2, 0.25) is 11.0 Å². The molecule has 2 heterocycles. The first-order valence-corrected chi connectivity index (χ1v) is 10.0. The number of carbonyl (C=O) groups excluding carboxylic acids is 1. The molecule has 3 aromatic rings. The molecule has 0 radical (unpaired) electrons. The molecule has 9 heteroatoms. The van der Waals surface area contributed by atoms with Gasteiger partial charge in [0.25, 0.3) is 0 Å². The summed E-state index contributed by atoms with van der Waals surface area (Å²) in [7, 11) is 0. The number of amides is 1. The third kappa shape index (κ3) is 5.15. The van der Waals surface area contributed by atoms with Crippen LogP contribution in [0.2, 0.25) is 0 Å². The van der Waals surface area contributed by atoms with Gasteiger partial charge in [0.15, 0.2) is 4.34 Å². The van der Waals surface area contributed by atoms with Crippen molar-refractivity contribution in [1.82, 2.24) is 15.4 Å². The van der Waals surface area contributed by atoms with E-state index in [0.29, 0.717) is 23.5 Å². The Kier molecular flexibility index (Phi) is 6.21. The number of aromatic nitrogens is 3. The molecule has 0 aliphatic carbocycles. The number of hydrogen-bond donors (Lipinski definition) is 1. The zero-order valence-electron chi connectivity index (χ0n) is 14.9. The highest BCUT2D eigenvalue weighted by atomic mass is 32.2. The van der Waals surface area contributed by atoms with Crippen LogP contribution < -0.4 is 5.32 Å². The summed E-state index contributed by atoms with van der Waals surface area (Å²) >= 11 is 2.88. The molecule has 1 amide bonds. The SMILES string of the molecule is Cc1noc(C)c1CCC(=O)Nc1nnc(SCc2ccc(C#N)cc2)s1. The first-order chi connectivity index (χ1) is 13.0. The van der Waals surface area contributed by atoms with Gasteiger partial charge in [-0.25, -0.2) is 0 Å². The van der Waals surface area contributed by atoms with Gasteiger partial charge in [0.1, 0.15) is 5.76 Å². The molecule has 0 fully saturated rings. The Hall–Kier alpha value is -2.70. The van der Waals surface area contributed by atoms with Gasteiger partial charge < -0.3 is 9.84 Å². The maximum absolute atomic E-state index is 12.1. The van der Waals surface area contributed by atoms with Crippen molar-refractivity contribution in [2.24, 2.45) is 0 Å². The lowest BCUT2D eigenvalue weighted by Gasteiger charge is -2.01. The van der Waals surface area contributed by atoms with Crippen molar-refractivity contribution in [3.63, 3.8) is 0 Å². The number of nitrogens with zero attached hydrogens (tertiary/aromatic N) is 4. The minimum Gasteiger partial charge on any atom is -0.361 e. The van der Waals surface area contributed by atoms with Gasteiger partial charge in [-0.05, 0) is 38.0 Å². The second-order valence-corrected chi connectivity index (χ2v) is 8.02. The van der Waals surface area contributed by atoms with Crippen molar-refractivity contribution in [3.8, 4) is 6.07 Å². The molecule has 0 aliphatic rings. The summed E-state index contributed by atoms with van der Waals surface area (Å²) in [6.45, 7) is 3.71. The van der Waals surface area contributed by atoms with E-state index in [4.69, 9.17) is 9.78 Å². The molecule has 1 N–H and O–H groups in total. The van der Waals surface area contributed by atoms with Crippen molar-refractivity contribution in [3.05, 3.63) is 52.4 Å². The zero-order valence-corrected chi connectivity index (χ0v) is 16.5. The summed E-state index contributed by atoms with van der Waals surface area (Å²) in [4.78, 5) is 12.1. The Bertz CT molecular complexity index is 953. The Morgan fingerprint density at radius 1 is 1.30 bits per heavy atom. The van der Waals surface area contributed by atoms with E-state index in [-0.39, 0.29) is 5.91 Å². The van der Waals surface area contributed by atoms with E-state index in [0.717, 1.165) is 32.7 Å². The van der Waals surface area contributed by atoms with E-state index in [9.17, 15) is 4.79 Å². The minimum atomic E-state index is -0.116. The number of anilines is 1. The normalized spacial score (nSPS) is 10.6. The van der Waals surface area contributed by atoms with Crippen LogP contribution in [-0.4, -0.2) is 21.3 Å². The van der Waals surface area contributed by atoms with Crippen molar-refractivity contribution >= 4 is 34.1 Å². The predicted octanol–water partition coefficient (Wildman–Crippen LogP) is 3.88. The van der Waals surface area contributed by atoms with Crippen molar-refractivity contribution in [1.29, 1.82) is 5.26 Å². The molecule has 1 aromatic carbocycles. The second-order valence-electron chi connectivity index (χ2n) is 5.82. The average Bonchev–Trinajstić information content (AvgIpc) is 3.25. The summed E-state index contributed by atoms with van der Waals surface area (Å²) in [5, 5.41) is 24.1. The van der Waals surface area contributed by atoms with Gasteiger partial charge in [-0.15, -0.1) is 10.2 Å². The van der Waals surface area contributed by atoms with Crippen molar-refractivity contribution < 1.29 is 9.32 Å². The minimum absolute atomic E-state index is 0.116. The lowest BCUT2D eigenvalue weighted by molar-refractivity contribution is -0.116. The largest absolute Gasteiger partial charge is 0.361 e. The maximum atomic E-state index is 12.1.